The van der Waals surface area contributed by atoms with Crippen LogP contribution in [0.3, 0.4) is 0 Å². The smallest absolute Gasteiger partial charge is 0.176 e. The van der Waals surface area contributed by atoms with E-state index in [4.69, 9.17) is 0 Å². The largest absolute Gasteiger partial charge is 0.508 e. The summed E-state index contributed by atoms with van der Waals surface area (Å²) >= 11 is 0. The first-order chi connectivity index (χ1) is 12.2. The van der Waals surface area contributed by atoms with E-state index in [0.717, 1.165) is 0 Å². The zero-order chi connectivity index (χ0) is 17.5. The van der Waals surface area contributed by atoms with Crippen molar-refractivity contribution in [2.75, 3.05) is 6.54 Å². The molecule has 126 valence electrons. The van der Waals surface area contributed by atoms with Gasteiger partial charge in [0.1, 0.15) is 5.75 Å². The highest BCUT2D eigenvalue weighted by molar-refractivity contribution is 5.97. The van der Waals surface area contributed by atoms with Crippen LogP contribution in [0.2, 0.25) is 0 Å². The average molecular weight is 331 g/mol. The van der Waals surface area contributed by atoms with Gasteiger partial charge in [0.25, 0.3) is 0 Å². The molecule has 0 saturated carbocycles. The van der Waals surface area contributed by atoms with Crippen LogP contribution in [0.5, 0.6) is 5.75 Å². The number of benzene rings is 3. The van der Waals surface area contributed by atoms with Crippen molar-refractivity contribution in [1.82, 2.24) is 4.90 Å². The van der Waals surface area contributed by atoms with E-state index in [0.29, 0.717) is 25.2 Å². The molecule has 3 aromatic carbocycles. The van der Waals surface area contributed by atoms with Crippen LogP contribution in [0.25, 0.3) is 0 Å². The Kier molecular flexibility index (Phi) is 5.60. The Balaban J connectivity index is 1.76. The predicted octanol–water partition coefficient (Wildman–Crippen LogP) is 4.28. The van der Waals surface area contributed by atoms with Crippen molar-refractivity contribution < 1.29 is 9.90 Å². The van der Waals surface area contributed by atoms with E-state index >= 15 is 0 Å². The molecule has 25 heavy (non-hydrogen) atoms. The summed E-state index contributed by atoms with van der Waals surface area (Å²) < 4.78 is 0. The third-order valence-electron chi connectivity index (χ3n) is 4.03. The Bertz CT molecular complexity index is 774. The van der Waals surface area contributed by atoms with Crippen LogP contribution in [-0.4, -0.2) is 22.3 Å². The average Bonchev–Trinajstić information content (AvgIpc) is 2.63. The molecule has 0 saturated heterocycles. The fourth-order valence-electron chi connectivity index (χ4n) is 2.82. The fraction of sp³-hybridized carbons (Fsp3) is 0.136. The van der Waals surface area contributed by atoms with E-state index in [1.165, 1.54) is 17.2 Å². The van der Waals surface area contributed by atoms with E-state index in [2.05, 4.69) is 29.2 Å². The normalized spacial score (nSPS) is 10.8. The zero-order valence-electron chi connectivity index (χ0n) is 14.0. The molecule has 0 atom stereocenters. The van der Waals surface area contributed by atoms with Gasteiger partial charge in [-0.3, -0.25) is 9.69 Å². The van der Waals surface area contributed by atoms with Gasteiger partial charge in [-0.2, -0.15) is 0 Å². The molecule has 0 bridgehead atoms. The van der Waals surface area contributed by atoms with Gasteiger partial charge in [-0.1, -0.05) is 72.8 Å². The lowest BCUT2D eigenvalue weighted by molar-refractivity contribution is 0.0920. The third-order valence-corrected chi connectivity index (χ3v) is 4.03. The Morgan fingerprint density at radius 2 is 1.32 bits per heavy atom. The van der Waals surface area contributed by atoms with Gasteiger partial charge < -0.3 is 5.11 Å². The number of carbonyl (C=O) groups is 1. The predicted molar refractivity (Wildman–Crippen MR) is 99.4 cm³/mol. The minimum atomic E-state index is 0.00256. The Hall–Kier alpha value is -2.91. The number of phenolic OH excluding ortho intramolecular Hbond substituents is 1. The molecular weight excluding hydrogens is 310 g/mol. The van der Waals surface area contributed by atoms with Gasteiger partial charge >= 0.3 is 0 Å². The van der Waals surface area contributed by atoms with Crippen molar-refractivity contribution in [3.8, 4) is 5.75 Å². The number of hydrogen-bond donors (Lipinski definition) is 1. The molecular formula is C22H21NO2. The minimum absolute atomic E-state index is 0.00256. The first-order valence-corrected chi connectivity index (χ1v) is 8.33. The zero-order valence-corrected chi connectivity index (χ0v) is 14.0. The van der Waals surface area contributed by atoms with Crippen LogP contribution >= 0.6 is 0 Å². The fourth-order valence-corrected chi connectivity index (χ4v) is 2.82. The Morgan fingerprint density at radius 3 is 1.84 bits per heavy atom. The highest BCUT2D eigenvalue weighted by atomic mass is 16.3. The van der Waals surface area contributed by atoms with Crippen molar-refractivity contribution in [3.63, 3.8) is 0 Å². The van der Waals surface area contributed by atoms with Gasteiger partial charge in [0.2, 0.25) is 0 Å². The summed E-state index contributed by atoms with van der Waals surface area (Å²) in [6.45, 7) is 1.69. The number of ketones is 1. The summed E-state index contributed by atoms with van der Waals surface area (Å²) in [5.74, 6) is 0.117. The molecule has 0 aliphatic carbocycles. The summed E-state index contributed by atoms with van der Waals surface area (Å²) in [6.07, 6.45) is 0. The Morgan fingerprint density at radius 1 is 0.760 bits per heavy atom. The summed E-state index contributed by atoms with van der Waals surface area (Å²) in [5.41, 5.74) is 2.87. The number of nitrogens with zero attached hydrogens (tertiary/aromatic N) is 1. The van der Waals surface area contributed by atoms with E-state index in [1.807, 2.05) is 36.4 Å². The van der Waals surface area contributed by atoms with Crippen LogP contribution in [0.15, 0.2) is 84.9 Å². The molecule has 3 aromatic rings. The summed E-state index contributed by atoms with van der Waals surface area (Å²) in [5, 5.41) is 9.60. The first kappa shape index (κ1) is 16.9. The number of phenols is 1. The van der Waals surface area contributed by atoms with E-state index in [1.54, 1.807) is 18.2 Å². The second-order valence-electron chi connectivity index (χ2n) is 6.09. The van der Waals surface area contributed by atoms with Crippen LogP contribution < -0.4 is 0 Å². The van der Waals surface area contributed by atoms with Gasteiger partial charge in [0.05, 0.1) is 6.54 Å². The molecule has 3 rings (SSSR count). The first-order valence-electron chi connectivity index (χ1n) is 8.33. The molecule has 0 heterocycles. The van der Waals surface area contributed by atoms with Gasteiger partial charge in [-0.15, -0.1) is 0 Å². The molecule has 0 aromatic heterocycles. The van der Waals surface area contributed by atoms with E-state index in [9.17, 15) is 9.90 Å². The lowest BCUT2D eigenvalue weighted by atomic mass is 10.1. The van der Waals surface area contributed by atoms with Crippen LogP contribution in [0, 0.1) is 0 Å². The standard InChI is InChI=1S/C22H21NO2/c24-21-13-7-12-20(14-21)22(25)17-23(15-18-8-3-1-4-9-18)16-19-10-5-2-6-11-19/h1-14,24H,15-17H2. The lowest BCUT2D eigenvalue weighted by Gasteiger charge is -2.22. The summed E-state index contributed by atoms with van der Waals surface area (Å²) in [4.78, 5) is 14.8. The van der Waals surface area contributed by atoms with E-state index in [-0.39, 0.29) is 11.5 Å². The number of hydrogen-bond acceptors (Lipinski definition) is 3. The molecule has 3 nitrogen and oxygen atoms in total. The van der Waals surface area contributed by atoms with E-state index < -0.39 is 0 Å². The number of aromatic hydroxyl groups is 1. The second kappa shape index (κ2) is 8.27. The SMILES string of the molecule is O=C(CN(Cc1ccccc1)Cc1ccccc1)c1cccc(O)c1. The Labute approximate surface area is 148 Å². The maximum absolute atomic E-state index is 12.6. The molecule has 0 fully saturated rings. The number of rotatable bonds is 7. The monoisotopic (exact) mass is 331 g/mol. The highest BCUT2D eigenvalue weighted by Crippen LogP contribution is 2.14. The molecule has 0 aliphatic heterocycles. The molecule has 0 spiro atoms. The van der Waals surface area contributed by atoms with Gasteiger partial charge in [-0.05, 0) is 23.3 Å². The van der Waals surface area contributed by atoms with Gasteiger partial charge in [0, 0.05) is 18.7 Å². The molecule has 3 heteroatoms. The van der Waals surface area contributed by atoms with Crippen molar-refractivity contribution in [2.24, 2.45) is 0 Å². The quantitative estimate of drug-likeness (QED) is 0.657. The maximum Gasteiger partial charge on any atom is 0.176 e. The summed E-state index contributed by atoms with van der Waals surface area (Å²) in [7, 11) is 0. The van der Waals surface area contributed by atoms with Gasteiger partial charge in [0.15, 0.2) is 5.78 Å². The van der Waals surface area contributed by atoms with Gasteiger partial charge in [-0.25, -0.2) is 0 Å². The van der Waals surface area contributed by atoms with Crippen molar-refractivity contribution in [1.29, 1.82) is 0 Å². The van der Waals surface area contributed by atoms with Crippen LogP contribution in [0.4, 0.5) is 0 Å². The maximum atomic E-state index is 12.6. The minimum Gasteiger partial charge on any atom is -0.508 e. The highest BCUT2D eigenvalue weighted by Gasteiger charge is 2.14. The van der Waals surface area contributed by atoms with Crippen molar-refractivity contribution in [2.45, 2.75) is 13.1 Å². The lowest BCUT2D eigenvalue weighted by Crippen LogP contribution is -2.29. The number of carbonyl (C=O) groups excluding carboxylic acids is 1. The topological polar surface area (TPSA) is 40.5 Å². The molecule has 0 aliphatic rings. The molecule has 0 amide bonds. The van der Waals surface area contributed by atoms with Crippen LogP contribution in [0.1, 0.15) is 21.5 Å². The molecule has 1 N–H and O–H groups in total. The number of Topliss-reactive ketones (excluding diaryl/α,β-unsaturated/α-hetero) is 1. The summed E-state index contributed by atoms with van der Waals surface area (Å²) in [6, 6.07) is 26.8. The van der Waals surface area contributed by atoms with Crippen LogP contribution in [-0.2, 0) is 13.1 Å². The van der Waals surface area contributed by atoms with Crippen molar-refractivity contribution >= 4 is 5.78 Å². The molecule has 0 unspecified atom stereocenters. The molecule has 0 radical (unpaired) electrons. The van der Waals surface area contributed by atoms with Crippen molar-refractivity contribution in [3.05, 3.63) is 102 Å². The third kappa shape index (κ3) is 5.03. The second-order valence-corrected chi connectivity index (χ2v) is 6.09.